The van der Waals surface area contributed by atoms with E-state index in [4.69, 9.17) is 5.11 Å². The predicted molar refractivity (Wildman–Crippen MR) is 60.3 cm³/mol. The molecule has 19 heavy (non-hydrogen) atoms. The van der Waals surface area contributed by atoms with Crippen molar-refractivity contribution in [3.8, 4) is 0 Å². The van der Waals surface area contributed by atoms with Gasteiger partial charge in [0.1, 0.15) is 0 Å². The van der Waals surface area contributed by atoms with E-state index in [1.54, 1.807) is 18.2 Å². The van der Waals surface area contributed by atoms with E-state index < -0.39 is 36.9 Å². The van der Waals surface area contributed by atoms with Gasteiger partial charge in [0.2, 0.25) is 5.91 Å². The Kier molecular flexibility index (Phi) is 4.91. The zero-order chi connectivity index (χ0) is 14.5. The standard InChI is InChI=1S/C12H12F3NO3/c13-12(14,15)7-6-9(17)16-10(11(18)19)8-4-2-1-3-5-8/h1-5,10H,6-7H2,(H,16,17)(H,18,19)/t10-/m0/s1. The minimum absolute atomic E-state index is 0.301. The Morgan fingerprint density at radius 2 is 1.79 bits per heavy atom. The molecule has 0 unspecified atom stereocenters. The molecule has 4 nitrogen and oxygen atoms in total. The van der Waals surface area contributed by atoms with Gasteiger partial charge in [-0.2, -0.15) is 13.2 Å². The molecule has 104 valence electrons. The summed E-state index contributed by atoms with van der Waals surface area (Å²) in [5, 5.41) is 11.0. The maximum atomic E-state index is 11.9. The third-order valence-corrected chi connectivity index (χ3v) is 2.32. The van der Waals surface area contributed by atoms with Crippen molar-refractivity contribution in [2.45, 2.75) is 25.1 Å². The van der Waals surface area contributed by atoms with Crippen molar-refractivity contribution in [2.75, 3.05) is 0 Å². The fourth-order valence-corrected chi connectivity index (χ4v) is 1.42. The van der Waals surface area contributed by atoms with Gasteiger partial charge in [0.25, 0.3) is 0 Å². The normalized spacial score (nSPS) is 12.8. The molecule has 0 saturated heterocycles. The largest absolute Gasteiger partial charge is 0.479 e. The Bertz CT molecular complexity index is 445. The molecule has 0 aliphatic heterocycles. The number of hydrogen-bond donors (Lipinski definition) is 2. The van der Waals surface area contributed by atoms with Gasteiger partial charge in [-0.05, 0) is 5.56 Å². The van der Waals surface area contributed by atoms with Crippen molar-refractivity contribution in [3.05, 3.63) is 35.9 Å². The lowest BCUT2D eigenvalue weighted by molar-refractivity contribution is -0.147. The summed E-state index contributed by atoms with van der Waals surface area (Å²) in [6.07, 6.45) is -6.51. The molecule has 0 bridgehead atoms. The van der Waals surface area contributed by atoms with Crippen LogP contribution in [0, 0.1) is 0 Å². The van der Waals surface area contributed by atoms with Crippen LogP contribution in [-0.4, -0.2) is 23.2 Å². The summed E-state index contributed by atoms with van der Waals surface area (Å²) in [5.74, 6) is -2.28. The van der Waals surface area contributed by atoms with Crippen LogP contribution >= 0.6 is 0 Å². The third-order valence-electron chi connectivity index (χ3n) is 2.32. The first-order valence-corrected chi connectivity index (χ1v) is 5.43. The molecule has 1 rings (SSSR count). The molecule has 2 N–H and O–H groups in total. The van der Waals surface area contributed by atoms with Crippen molar-refractivity contribution >= 4 is 11.9 Å². The SMILES string of the molecule is O=C(CCC(F)(F)F)N[C@H](C(=O)O)c1ccccc1. The highest BCUT2D eigenvalue weighted by atomic mass is 19.4. The molecule has 0 fully saturated rings. The lowest BCUT2D eigenvalue weighted by Gasteiger charge is -2.15. The maximum absolute atomic E-state index is 11.9. The molecule has 7 heteroatoms. The Hall–Kier alpha value is -2.05. The smallest absolute Gasteiger partial charge is 0.389 e. The molecule has 0 aromatic heterocycles. The van der Waals surface area contributed by atoms with E-state index in [2.05, 4.69) is 5.32 Å². The van der Waals surface area contributed by atoms with E-state index in [1.807, 2.05) is 0 Å². The number of carboxylic acids is 1. The van der Waals surface area contributed by atoms with Crippen LogP contribution in [0.15, 0.2) is 30.3 Å². The number of carbonyl (C=O) groups is 2. The van der Waals surface area contributed by atoms with Crippen LogP contribution in [0.1, 0.15) is 24.4 Å². The van der Waals surface area contributed by atoms with Gasteiger partial charge in [-0.3, -0.25) is 4.79 Å². The summed E-state index contributed by atoms with van der Waals surface area (Å²) in [6.45, 7) is 0. The Morgan fingerprint density at radius 1 is 1.21 bits per heavy atom. The lowest BCUT2D eigenvalue weighted by Crippen LogP contribution is -2.34. The van der Waals surface area contributed by atoms with Crippen molar-refractivity contribution < 1.29 is 27.9 Å². The average Bonchev–Trinajstić information content (AvgIpc) is 2.33. The highest BCUT2D eigenvalue weighted by Gasteiger charge is 2.29. The molecular formula is C12H12F3NO3. The molecule has 0 saturated carbocycles. The average molecular weight is 275 g/mol. The number of benzene rings is 1. The van der Waals surface area contributed by atoms with Gasteiger partial charge in [-0.15, -0.1) is 0 Å². The van der Waals surface area contributed by atoms with Gasteiger partial charge in [-0.25, -0.2) is 4.79 Å². The Labute approximate surface area is 107 Å². The molecule has 0 spiro atoms. The first-order valence-electron chi connectivity index (χ1n) is 5.43. The molecular weight excluding hydrogens is 263 g/mol. The Morgan fingerprint density at radius 3 is 2.26 bits per heavy atom. The van der Waals surface area contributed by atoms with Crippen molar-refractivity contribution in [1.29, 1.82) is 0 Å². The number of aliphatic carboxylic acids is 1. The van der Waals surface area contributed by atoms with Crippen LogP contribution in [0.5, 0.6) is 0 Å². The molecule has 0 aliphatic carbocycles. The van der Waals surface area contributed by atoms with E-state index in [9.17, 15) is 22.8 Å². The second-order valence-corrected chi connectivity index (χ2v) is 3.86. The van der Waals surface area contributed by atoms with Crippen LogP contribution in [-0.2, 0) is 9.59 Å². The monoisotopic (exact) mass is 275 g/mol. The minimum atomic E-state index is -4.44. The summed E-state index contributed by atoms with van der Waals surface area (Å²) in [7, 11) is 0. The molecule has 1 atom stereocenters. The fraction of sp³-hybridized carbons (Fsp3) is 0.333. The van der Waals surface area contributed by atoms with E-state index in [0.717, 1.165) is 0 Å². The van der Waals surface area contributed by atoms with Crippen LogP contribution in [0.4, 0.5) is 13.2 Å². The zero-order valence-corrected chi connectivity index (χ0v) is 9.78. The van der Waals surface area contributed by atoms with Gasteiger partial charge in [-0.1, -0.05) is 30.3 Å². The molecule has 0 aliphatic rings. The molecule has 1 aromatic rings. The predicted octanol–water partition coefficient (Wildman–Crippen LogP) is 2.27. The lowest BCUT2D eigenvalue weighted by atomic mass is 10.1. The fourth-order valence-electron chi connectivity index (χ4n) is 1.42. The number of carbonyl (C=O) groups excluding carboxylic acids is 1. The highest BCUT2D eigenvalue weighted by molar-refractivity contribution is 5.84. The summed E-state index contributed by atoms with van der Waals surface area (Å²) < 4.78 is 35.8. The van der Waals surface area contributed by atoms with Crippen molar-refractivity contribution in [2.24, 2.45) is 0 Å². The van der Waals surface area contributed by atoms with Crippen LogP contribution < -0.4 is 5.32 Å². The number of nitrogens with one attached hydrogen (secondary N) is 1. The van der Waals surface area contributed by atoms with E-state index in [0.29, 0.717) is 5.56 Å². The van der Waals surface area contributed by atoms with Crippen LogP contribution in [0.2, 0.25) is 0 Å². The van der Waals surface area contributed by atoms with Gasteiger partial charge < -0.3 is 10.4 Å². The van der Waals surface area contributed by atoms with Gasteiger partial charge >= 0.3 is 12.1 Å². The zero-order valence-electron chi connectivity index (χ0n) is 9.78. The van der Waals surface area contributed by atoms with Gasteiger partial charge in [0.15, 0.2) is 6.04 Å². The second kappa shape index (κ2) is 6.21. The van der Waals surface area contributed by atoms with E-state index in [-0.39, 0.29) is 0 Å². The first-order chi connectivity index (χ1) is 8.79. The van der Waals surface area contributed by atoms with Gasteiger partial charge in [0, 0.05) is 6.42 Å². The summed E-state index contributed by atoms with van der Waals surface area (Å²) in [6, 6.07) is 6.42. The molecule has 1 amide bonds. The molecule has 0 radical (unpaired) electrons. The molecule has 1 aromatic carbocycles. The third kappa shape index (κ3) is 5.41. The number of rotatable bonds is 5. The number of amides is 1. The Balaban J connectivity index is 2.65. The highest BCUT2D eigenvalue weighted by Crippen LogP contribution is 2.21. The van der Waals surface area contributed by atoms with Crippen LogP contribution in [0.3, 0.4) is 0 Å². The first kappa shape index (κ1) is 15.0. The number of hydrogen-bond acceptors (Lipinski definition) is 2. The maximum Gasteiger partial charge on any atom is 0.389 e. The molecule has 0 heterocycles. The number of alkyl halides is 3. The van der Waals surface area contributed by atoms with Gasteiger partial charge in [0.05, 0.1) is 6.42 Å². The summed E-state index contributed by atoms with van der Waals surface area (Å²) >= 11 is 0. The van der Waals surface area contributed by atoms with Crippen LogP contribution in [0.25, 0.3) is 0 Å². The summed E-state index contributed by atoms with van der Waals surface area (Å²) in [4.78, 5) is 22.3. The topological polar surface area (TPSA) is 66.4 Å². The van der Waals surface area contributed by atoms with Crippen molar-refractivity contribution in [3.63, 3.8) is 0 Å². The minimum Gasteiger partial charge on any atom is -0.479 e. The van der Waals surface area contributed by atoms with E-state index >= 15 is 0 Å². The number of halogens is 3. The van der Waals surface area contributed by atoms with E-state index in [1.165, 1.54) is 12.1 Å². The second-order valence-electron chi connectivity index (χ2n) is 3.86. The number of carboxylic acid groups (broad SMARTS) is 1. The summed E-state index contributed by atoms with van der Waals surface area (Å²) in [5.41, 5.74) is 0.301. The quantitative estimate of drug-likeness (QED) is 0.866. The van der Waals surface area contributed by atoms with Crippen molar-refractivity contribution in [1.82, 2.24) is 5.32 Å².